The average molecular weight is 233 g/mol. The van der Waals surface area contributed by atoms with Crippen LogP contribution in [0.15, 0.2) is 24.3 Å². The van der Waals surface area contributed by atoms with Gasteiger partial charge in [-0.2, -0.15) is 0 Å². The van der Waals surface area contributed by atoms with Crippen LogP contribution in [0.4, 0.5) is 0 Å². The summed E-state index contributed by atoms with van der Waals surface area (Å²) >= 11 is 0. The Morgan fingerprint density at radius 3 is 2.71 bits per heavy atom. The first-order valence-corrected chi connectivity index (χ1v) is 6.27. The molecule has 3 nitrogen and oxygen atoms in total. The zero-order valence-electron chi connectivity index (χ0n) is 10.2. The van der Waals surface area contributed by atoms with E-state index >= 15 is 0 Å². The van der Waals surface area contributed by atoms with Gasteiger partial charge in [0.05, 0.1) is 12.6 Å². The van der Waals surface area contributed by atoms with Crippen LogP contribution in [-0.2, 0) is 6.42 Å². The number of amides is 1. The highest BCUT2D eigenvalue weighted by molar-refractivity contribution is 5.94. The number of rotatable bonds is 3. The predicted octanol–water partition coefficient (Wildman–Crippen LogP) is 1.85. The molecule has 0 aromatic heterocycles. The van der Waals surface area contributed by atoms with Gasteiger partial charge >= 0.3 is 0 Å². The first-order valence-electron chi connectivity index (χ1n) is 6.27. The van der Waals surface area contributed by atoms with Crippen LogP contribution in [0.3, 0.4) is 0 Å². The number of aliphatic hydroxyl groups excluding tert-OH is 1. The van der Waals surface area contributed by atoms with Crippen LogP contribution in [0.5, 0.6) is 0 Å². The molecular formula is C14H19NO2. The van der Waals surface area contributed by atoms with Gasteiger partial charge < -0.3 is 10.0 Å². The molecule has 1 aliphatic rings. The Kier molecular flexibility index (Phi) is 3.79. The van der Waals surface area contributed by atoms with Gasteiger partial charge in [-0.05, 0) is 37.0 Å². The van der Waals surface area contributed by atoms with Gasteiger partial charge in [-0.1, -0.05) is 19.1 Å². The molecule has 1 N–H and O–H groups in total. The number of aryl methyl sites for hydroxylation is 1. The molecule has 17 heavy (non-hydrogen) atoms. The largest absolute Gasteiger partial charge is 0.394 e. The van der Waals surface area contributed by atoms with E-state index in [4.69, 9.17) is 0 Å². The third kappa shape index (κ3) is 2.50. The molecule has 0 unspecified atom stereocenters. The highest BCUT2D eigenvalue weighted by atomic mass is 16.3. The number of nitrogens with zero attached hydrogens (tertiary/aromatic N) is 1. The summed E-state index contributed by atoms with van der Waals surface area (Å²) in [5, 5.41) is 9.22. The van der Waals surface area contributed by atoms with Gasteiger partial charge in [0.2, 0.25) is 0 Å². The van der Waals surface area contributed by atoms with Crippen LogP contribution in [0.1, 0.15) is 35.7 Å². The van der Waals surface area contributed by atoms with Crippen LogP contribution >= 0.6 is 0 Å². The number of benzene rings is 1. The van der Waals surface area contributed by atoms with Gasteiger partial charge in [-0.15, -0.1) is 0 Å². The topological polar surface area (TPSA) is 40.5 Å². The van der Waals surface area contributed by atoms with E-state index in [1.54, 1.807) is 4.90 Å². The lowest BCUT2D eigenvalue weighted by Gasteiger charge is -2.23. The van der Waals surface area contributed by atoms with Gasteiger partial charge in [0.25, 0.3) is 5.91 Å². The SMILES string of the molecule is CCc1ccc(C(=O)N2CCC[C@@H]2CO)cc1. The Morgan fingerprint density at radius 1 is 1.41 bits per heavy atom. The van der Waals surface area contributed by atoms with Crippen molar-refractivity contribution in [2.75, 3.05) is 13.2 Å². The monoisotopic (exact) mass is 233 g/mol. The molecule has 1 aromatic carbocycles. The van der Waals surface area contributed by atoms with E-state index in [0.717, 1.165) is 31.4 Å². The molecule has 1 aromatic rings. The van der Waals surface area contributed by atoms with E-state index in [1.807, 2.05) is 24.3 Å². The van der Waals surface area contributed by atoms with Crippen LogP contribution < -0.4 is 0 Å². The highest BCUT2D eigenvalue weighted by Gasteiger charge is 2.28. The fourth-order valence-corrected chi connectivity index (χ4v) is 2.34. The highest BCUT2D eigenvalue weighted by Crippen LogP contribution is 2.19. The number of hydrogen-bond donors (Lipinski definition) is 1. The van der Waals surface area contributed by atoms with E-state index in [0.29, 0.717) is 0 Å². The smallest absolute Gasteiger partial charge is 0.254 e. The van der Waals surface area contributed by atoms with E-state index in [2.05, 4.69) is 6.92 Å². The first-order chi connectivity index (χ1) is 8.26. The molecule has 0 radical (unpaired) electrons. The van der Waals surface area contributed by atoms with Crippen molar-refractivity contribution < 1.29 is 9.90 Å². The second-order valence-corrected chi connectivity index (χ2v) is 4.53. The maximum atomic E-state index is 12.2. The number of likely N-dealkylation sites (tertiary alicyclic amines) is 1. The molecule has 1 atom stereocenters. The maximum absolute atomic E-state index is 12.2. The third-order valence-electron chi connectivity index (χ3n) is 3.46. The van der Waals surface area contributed by atoms with Gasteiger partial charge in [0, 0.05) is 12.1 Å². The van der Waals surface area contributed by atoms with Crippen molar-refractivity contribution in [3.8, 4) is 0 Å². The molecule has 1 amide bonds. The molecule has 1 aliphatic heterocycles. The summed E-state index contributed by atoms with van der Waals surface area (Å²) in [4.78, 5) is 14.0. The minimum Gasteiger partial charge on any atom is -0.394 e. The van der Waals surface area contributed by atoms with E-state index in [9.17, 15) is 9.90 Å². The van der Waals surface area contributed by atoms with Crippen molar-refractivity contribution in [2.24, 2.45) is 0 Å². The summed E-state index contributed by atoms with van der Waals surface area (Å²) in [6, 6.07) is 7.77. The Hall–Kier alpha value is -1.35. The maximum Gasteiger partial charge on any atom is 0.254 e. The predicted molar refractivity (Wildman–Crippen MR) is 67.0 cm³/mol. The Morgan fingerprint density at radius 2 is 2.12 bits per heavy atom. The summed E-state index contributed by atoms with van der Waals surface area (Å²) in [7, 11) is 0. The minimum atomic E-state index is 0.00773. The van der Waals surface area contributed by atoms with Crippen molar-refractivity contribution in [1.29, 1.82) is 0 Å². The van der Waals surface area contributed by atoms with Gasteiger partial charge in [-0.3, -0.25) is 4.79 Å². The molecule has 3 heteroatoms. The summed E-state index contributed by atoms with van der Waals surface area (Å²) in [5.74, 6) is 0.0456. The lowest BCUT2D eigenvalue weighted by atomic mass is 10.1. The second kappa shape index (κ2) is 5.32. The summed E-state index contributed by atoms with van der Waals surface area (Å²) in [6.07, 6.45) is 2.89. The molecule has 1 saturated heterocycles. The quantitative estimate of drug-likeness (QED) is 0.865. The molecule has 92 valence electrons. The first kappa shape index (κ1) is 12.1. The van der Waals surface area contributed by atoms with Crippen molar-refractivity contribution >= 4 is 5.91 Å². The molecule has 1 fully saturated rings. The summed E-state index contributed by atoms with van der Waals surface area (Å²) < 4.78 is 0. The van der Waals surface area contributed by atoms with E-state index < -0.39 is 0 Å². The molecule has 0 bridgehead atoms. The number of aliphatic hydroxyl groups is 1. The normalized spacial score (nSPS) is 19.6. The molecular weight excluding hydrogens is 214 g/mol. The van der Waals surface area contributed by atoms with Crippen molar-refractivity contribution in [1.82, 2.24) is 4.90 Å². The van der Waals surface area contributed by atoms with Gasteiger partial charge in [0.1, 0.15) is 0 Å². The Bertz CT molecular complexity index is 386. The second-order valence-electron chi connectivity index (χ2n) is 4.53. The third-order valence-corrected chi connectivity index (χ3v) is 3.46. The summed E-state index contributed by atoms with van der Waals surface area (Å²) in [5.41, 5.74) is 1.96. The van der Waals surface area contributed by atoms with Crippen molar-refractivity contribution in [3.63, 3.8) is 0 Å². The molecule has 0 aliphatic carbocycles. The van der Waals surface area contributed by atoms with Crippen LogP contribution in [-0.4, -0.2) is 35.1 Å². The van der Waals surface area contributed by atoms with Crippen molar-refractivity contribution in [2.45, 2.75) is 32.2 Å². The Labute approximate surface area is 102 Å². The fraction of sp³-hybridized carbons (Fsp3) is 0.500. The molecule has 0 spiro atoms. The van der Waals surface area contributed by atoms with Crippen molar-refractivity contribution in [3.05, 3.63) is 35.4 Å². The number of carbonyl (C=O) groups excluding carboxylic acids is 1. The number of hydrogen-bond acceptors (Lipinski definition) is 2. The van der Waals surface area contributed by atoms with Crippen LogP contribution in [0.2, 0.25) is 0 Å². The standard InChI is InChI=1S/C14H19NO2/c1-2-11-5-7-12(8-6-11)14(17)15-9-3-4-13(15)10-16/h5-8,13,16H,2-4,9-10H2,1H3/t13-/m1/s1. The van der Waals surface area contributed by atoms with Gasteiger partial charge in [-0.25, -0.2) is 0 Å². The summed E-state index contributed by atoms with van der Waals surface area (Å²) in [6.45, 7) is 2.93. The molecule has 1 heterocycles. The van der Waals surface area contributed by atoms with Crippen LogP contribution in [0.25, 0.3) is 0 Å². The zero-order chi connectivity index (χ0) is 12.3. The van der Waals surface area contributed by atoms with E-state index in [-0.39, 0.29) is 18.6 Å². The van der Waals surface area contributed by atoms with Gasteiger partial charge in [0.15, 0.2) is 0 Å². The average Bonchev–Trinajstić information content (AvgIpc) is 2.86. The lowest BCUT2D eigenvalue weighted by molar-refractivity contribution is 0.0677. The molecule has 2 rings (SSSR count). The van der Waals surface area contributed by atoms with E-state index in [1.165, 1.54) is 5.56 Å². The fourth-order valence-electron chi connectivity index (χ4n) is 2.34. The zero-order valence-corrected chi connectivity index (χ0v) is 10.2. The number of carbonyl (C=O) groups is 1. The lowest BCUT2D eigenvalue weighted by Crippen LogP contribution is -2.37. The molecule has 0 saturated carbocycles. The van der Waals surface area contributed by atoms with Crippen LogP contribution in [0, 0.1) is 0 Å². The Balaban J connectivity index is 2.13. The minimum absolute atomic E-state index is 0.00773.